The van der Waals surface area contributed by atoms with Gasteiger partial charge in [0.05, 0.1) is 13.0 Å². The molecule has 31 heavy (non-hydrogen) atoms. The molecule has 0 spiro atoms. The van der Waals surface area contributed by atoms with Gasteiger partial charge < -0.3 is 18.6 Å². The fourth-order valence-corrected chi connectivity index (χ4v) is 4.24. The number of nitrogens with zero attached hydrogens (tertiary/aromatic N) is 2. The highest BCUT2D eigenvalue weighted by molar-refractivity contribution is 7.07. The van der Waals surface area contributed by atoms with Crippen molar-refractivity contribution in [3.8, 4) is 11.4 Å². The number of thiazole rings is 1. The number of Topliss-reactive ketones (excluding diaryl/α,β-unsaturated/α-hetero) is 1. The van der Waals surface area contributed by atoms with Crippen molar-refractivity contribution in [2.75, 3.05) is 13.2 Å². The van der Waals surface area contributed by atoms with Crippen LogP contribution < -0.4 is 9.61 Å². The lowest BCUT2D eigenvalue weighted by Crippen LogP contribution is -2.20. The fraction of sp³-hybridized carbons (Fsp3) is 0.348. The van der Waals surface area contributed by atoms with Crippen LogP contribution in [0.2, 0.25) is 0 Å². The number of rotatable bonds is 9. The van der Waals surface area contributed by atoms with Gasteiger partial charge in [-0.2, -0.15) is 0 Å². The number of benzene rings is 1. The maximum Gasteiger partial charge on any atom is 0.308 e. The summed E-state index contributed by atoms with van der Waals surface area (Å²) in [6, 6.07) is 9.46. The lowest BCUT2D eigenvalue weighted by Gasteiger charge is -2.11. The molecule has 0 saturated heterocycles. The molecule has 0 aliphatic carbocycles. The minimum Gasteiger partial charge on any atom is -0.494 e. The first kappa shape index (κ1) is 22.6. The van der Waals surface area contributed by atoms with E-state index in [9.17, 15) is 14.4 Å². The quantitative estimate of drug-likeness (QED) is 0.372. The van der Waals surface area contributed by atoms with Gasteiger partial charge in [0.25, 0.3) is 0 Å². The van der Waals surface area contributed by atoms with Crippen molar-refractivity contribution in [2.45, 2.75) is 40.7 Å². The number of ketones is 1. The minimum absolute atomic E-state index is 0.0377. The molecule has 0 fully saturated rings. The topological polar surface area (TPSA) is 79.5 Å². The number of carbonyl (C=O) groups excluding carboxylic acids is 2. The summed E-state index contributed by atoms with van der Waals surface area (Å²) in [4.78, 5) is 36.3. The van der Waals surface area contributed by atoms with Crippen molar-refractivity contribution in [3.05, 3.63) is 68.0 Å². The van der Waals surface area contributed by atoms with E-state index < -0.39 is 5.97 Å². The predicted octanol–water partition coefficient (Wildman–Crippen LogP) is 3.84. The van der Waals surface area contributed by atoms with E-state index in [4.69, 9.17) is 9.47 Å². The Hall–Kier alpha value is -3.13. The lowest BCUT2D eigenvalue weighted by atomic mass is 10.1. The molecule has 164 valence electrons. The molecule has 0 saturated carbocycles. The monoisotopic (exact) mass is 442 g/mol. The molecule has 1 aromatic carbocycles. The third-order valence-electron chi connectivity index (χ3n) is 5.02. The molecule has 0 bridgehead atoms. The number of hydrogen-bond donors (Lipinski definition) is 0. The number of aryl methyl sites for hydroxylation is 2. The molecule has 7 nitrogen and oxygen atoms in total. The molecule has 8 heteroatoms. The van der Waals surface area contributed by atoms with Gasteiger partial charge in [0.2, 0.25) is 5.78 Å². The maximum atomic E-state index is 12.7. The van der Waals surface area contributed by atoms with E-state index in [0.717, 1.165) is 39.9 Å². The number of ether oxygens (including phenoxy) is 2. The minimum atomic E-state index is -0.508. The van der Waals surface area contributed by atoms with E-state index in [1.54, 1.807) is 11.4 Å². The van der Waals surface area contributed by atoms with Crippen LogP contribution in [0.25, 0.3) is 5.69 Å². The molecule has 3 aromatic rings. The van der Waals surface area contributed by atoms with Gasteiger partial charge in [-0.05, 0) is 58.0 Å². The molecule has 0 amide bonds. The normalized spacial score (nSPS) is 10.8. The first-order valence-electron chi connectivity index (χ1n) is 10.1. The molecule has 0 N–H and O–H groups in total. The summed E-state index contributed by atoms with van der Waals surface area (Å²) >= 11 is 1.10. The fourth-order valence-electron chi connectivity index (χ4n) is 3.47. The number of hydrogen-bond acceptors (Lipinski definition) is 6. The summed E-state index contributed by atoms with van der Waals surface area (Å²) in [7, 11) is 0. The number of esters is 1. The van der Waals surface area contributed by atoms with Gasteiger partial charge in [-0.3, -0.25) is 14.4 Å². The van der Waals surface area contributed by atoms with Gasteiger partial charge in [-0.1, -0.05) is 11.3 Å². The Morgan fingerprint density at radius 1 is 1.06 bits per heavy atom. The Morgan fingerprint density at radius 3 is 2.39 bits per heavy atom. The molecule has 0 aliphatic heterocycles. The summed E-state index contributed by atoms with van der Waals surface area (Å²) in [6.07, 6.45) is 0.0377. The molecule has 3 rings (SSSR count). The first-order valence-corrected chi connectivity index (χ1v) is 11.0. The SMILES string of the molecule is CCOc1ccc(-n2c(C)cc(C(=O)COC(=O)CCn3c(C)csc3=O)c2C)cc1. The van der Waals surface area contributed by atoms with Gasteiger partial charge in [0.1, 0.15) is 5.75 Å². The van der Waals surface area contributed by atoms with Crippen LogP contribution in [0, 0.1) is 20.8 Å². The average Bonchev–Trinajstić information content (AvgIpc) is 3.23. The average molecular weight is 443 g/mol. The van der Waals surface area contributed by atoms with Crippen molar-refractivity contribution in [3.63, 3.8) is 0 Å². The van der Waals surface area contributed by atoms with E-state index in [-0.39, 0.29) is 30.2 Å². The Balaban J connectivity index is 1.63. The van der Waals surface area contributed by atoms with Gasteiger partial charge in [0, 0.05) is 40.3 Å². The van der Waals surface area contributed by atoms with Gasteiger partial charge in [-0.25, -0.2) is 0 Å². The molecular formula is C23H26N2O5S. The Bertz CT molecular complexity index is 1140. The third kappa shape index (κ3) is 5.14. The second-order valence-corrected chi connectivity index (χ2v) is 8.00. The summed E-state index contributed by atoms with van der Waals surface area (Å²) in [5.41, 5.74) is 3.93. The smallest absolute Gasteiger partial charge is 0.308 e. The summed E-state index contributed by atoms with van der Waals surface area (Å²) in [6.45, 7) is 8.05. The molecule has 0 unspecified atom stereocenters. The van der Waals surface area contributed by atoms with Crippen LogP contribution >= 0.6 is 11.3 Å². The predicted molar refractivity (Wildman–Crippen MR) is 120 cm³/mol. The molecule has 0 aliphatic rings. The molecule has 0 radical (unpaired) electrons. The Labute approximate surface area is 184 Å². The zero-order valence-corrected chi connectivity index (χ0v) is 19.0. The van der Waals surface area contributed by atoms with Crippen molar-refractivity contribution in [1.82, 2.24) is 9.13 Å². The molecule has 2 heterocycles. The zero-order chi connectivity index (χ0) is 22.5. The van der Waals surface area contributed by atoms with Crippen LogP contribution in [0.1, 0.15) is 40.8 Å². The highest BCUT2D eigenvalue weighted by Crippen LogP contribution is 2.23. The molecule has 2 aromatic heterocycles. The summed E-state index contributed by atoms with van der Waals surface area (Å²) < 4.78 is 14.2. The van der Waals surface area contributed by atoms with Crippen LogP contribution in [-0.2, 0) is 16.1 Å². The van der Waals surface area contributed by atoms with Crippen LogP contribution in [0.15, 0.2) is 40.5 Å². The van der Waals surface area contributed by atoms with Crippen molar-refractivity contribution in [1.29, 1.82) is 0 Å². The largest absolute Gasteiger partial charge is 0.494 e. The molecule has 0 atom stereocenters. The highest BCUT2D eigenvalue weighted by Gasteiger charge is 2.18. The van der Waals surface area contributed by atoms with Crippen molar-refractivity contribution in [2.24, 2.45) is 0 Å². The lowest BCUT2D eigenvalue weighted by molar-refractivity contribution is -0.142. The van der Waals surface area contributed by atoms with Gasteiger partial charge in [0.15, 0.2) is 6.61 Å². The third-order valence-corrected chi connectivity index (χ3v) is 5.90. The Kier molecular flexibility index (Phi) is 7.12. The highest BCUT2D eigenvalue weighted by atomic mass is 32.1. The van der Waals surface area contributed by atoms with Crippen LogP contribution in [0.4, 0.5) is 0 Å². The summed E-state index contributed by atoms with van der Waals surface area (Å²) in [5, 5.41) is 1.75. The molecular weight excluding hydrogens is 416 g/mol. The standard InChI is InChI=1S/C23H26N2O5S/c1-5-29-19-8-6-18(7-9-19)25-15(2)12-20(17(25)4)21(26)13-30-22(27)10-11-24-16(3)14-31-23(24)28/h6-9,12,14H,5,10-11,13H2,1-4H3. The number of aromatic nitrogens is 2. The maximum absolute atomic E-state index is 12.7. The van der Waals surface area contributed by atoms with E-state index in [2.05, 4.69) is 0 Å². The van der Waals surface area contributed by atoms with Gasteiger partial charge in [-0.15, -0.1) is 0 Å². The second kappa shape index (κ2) is 9.78. The first-order chi connectivity index (χ1) is 14.8. The van der Waals surface area contributed by atoms with E-state index in [1.807, 2.05) is 56.5 Å². The van der Waals surface area contributed by atoms with Crippen LogP contribution in [0.5, 0.6) is 5.75 Å². The zero-order valence-electron chi connectivity index (χ0n) is 18.1. The van der Waals surface area contributed by atoms with Gasteiger partial charge >= 0.3 is 10.8 Å². The summed E-state index contributed by atoms with van der Waals surface area (Å²) in [5.74, 6) is 0.0190. The van der Waals surface area contributed by atoms with E-state index in [0.29, 0.717) is 12.2 Å². The van der Waals surface area contributed by atoms with E-state index in [1.165, 1.54) is 4.57 Å². The van der Waals surface area contributed by atoms with Crippen LogP contribution in [-0.4, -0.2) is 34.1 Å². The number of carbonyl (C=O) groups is 2. The van der Waals surface area contributed by atoms with Crippen molar-refractivity contribution < 1.29 is 19.1 Å². The Morgan fingerprint density at radius 2 is 1.77 bits per heavy atom. The van der Waals surface area contributed by atoms with E-state index >= 15 is 0 Å². The van der Waals surface area contributed by atoms with Crippen molar-refractivity contribution >= 4 is 23.1 Å². The second-order valence-electron chi connectivity index (χ2n) is 7.18. The van der Waals surface area contributed by atoms with Crippen LogP contribution in [0.3, 0.4) is 0 Å².